The minimum absolute atomic E-state index is 0.255. The van der Waals surface area contributed by atoms with Gasteiger partial charge < -0.3 is 10.1 Å². The fourth-order valence-electron chi connectivity index (χ4n) is 2.68. The number of hydrogen-bond donors (Lipinski definition) is 1. The van der Waals surface area contributed by atoms with Crippen LogP contribution in [0.15, 0.2) is 48.5 Å². The largest absolute Gasteiger partial charge is 0.497 e. The molecular formula is C19H15ClN4O2S. The Morgan fingerprint density at radius 3 is 2.81 bits per heavy atom. The molecule has 0 saturated heterocycles. The van der Waals surface area contributed by atoms with Crippen LogP contribution in [0, 0.1) is 6.92 Å². The van der Waals surface area contributed by atoms with Crippen LogP contribution in [0.5, 0.6) is 5.75 Å². The Morgan fingerprint density at radius 2 is 2.04 bits per heavy atom. The molecule has 27 heavy (non-hydrogen) atoms. The summed E-state index contributed by atoms with van der Waals surface area (Å²) in [5.74, 6) is 0.901. The molecule has 0 atom stereocenters. The molecule has 6 nitrogen and oxygen atoms in total. The monoisotopic (exact) mass is 398 g/mol. The van der Waals surface area contributed by atoms with Crippen LogP contribution in [-0.4, -0.2) is 27.8 Å². The summed E-state index contributed by atoms with van der Waals surface area (Å²) in [6, 6.07) is 14.4. The van der Waals surface area contributed by atoms with E-state index in [-0.39, 0.29) is 5.91 Å². The van der Waals surface area contributed by atoms with Crippen LogP contribution < -0.4 is 10.1 Å². The average Bonchev–Trinajstić information content (AvgIpc) is 3.26. The molecule has 2 aromatic heterocycles. The number of benzene rings is 2. The third-order valence-corrected chi connectivity index (χ3v) is 5.25. The summed E-state index contributed by atoms with van der Waals surface area (Å²) in [5.41, 5.74) is 1.98. The van der Waals surface area contributed by atoms with Gasteiger partial charge in [0.2, 0.25) is 5.13 Å². The molecule has 136 valence electrons. The van der Waals surface area contributed by atoms with Crippen LogP contribution in [0.2, 0.25) is 5.02 Å². The average molecular weight is 399 g/mol. The van der Waals surface area contributed by atoms with Gasteiger partial charge in [-0.15, -0.1) is 0 Å². The Bertz CT molecular complexity index is 1150. The molecule has 0 unspecified atom stereocenters. The zero-order valence-electron chi connectivity index (χ0n) is 14.6. The van der Waals surface area contributed by atoms with Crippen LogP contribution in [0.25, 0.3) is 15.3 Å². The first-order chi connectivity index (χ1) is 13.0. The van der Waals surface area contributed by atoms with E-state index in [1.165, 1.54) is 11.3 Å². The Balaban J connectivity index is 1.70. The predicted molar refractivity (Wildman–Crippen MR) is 107 cm³/mol. The molecule has 0 aliphatic heterocycles. The molecule has 8 heteroatoms. The number of carbonyl (C=O) groups is 1. The zero-order valence-corrected chi connectivity index (χ0v) is 16.1. The maximum Gasteiger partial charge on any atom is 0.256 e. The highest BCUT2D eigenvalue weighted by atomic mass is 35.5. The highest BCUT2D eigenvalue weighted by molar-refractivity contribution is 7.20. The molecular weight excluding hydrogens is 384 g/mol. The van der Waals surface area contributed by atoms with Gasteiger partial charge in [0.25, 0.3) is 5.91 Å². The third kappa shape index (κ3) is 3.39. The first-order valence-corrected chi connectivity index (χ1v) is 9.32. The number of hydrogen-bond acceptors (Lipinski definition) is 5. The number of nitrogens with zero attached hydrogens (tertiary/aromatic N) is 3. The quantitative estimate of drug-likeness (QED) is 0.540. The maximum atomic E-state index is 12.7. The highest BCUT2D eigenvalue weighted by Crippen LogP contribution is 2.31. The Labute approximate surface area is 164 Å². The molecule has 0 aliphatic rings. The van der Waals surface area contributed by atoms with Gasteiger partial charge in [-0.3, -0.25) is 4.79 Å². The number of halogens is 1. The Kier molecular flexibility index (Phi) is 4.55. The molecule has 2 aromatic carbocycles. The van der Waals surface area contributed by atoms with Gasteiger partial charge in [-0.1, -0.05) is 35.1 Å². The van der Waals surface area contributed by atoms with Crippen molar-refractivity contribution in [2.24, 2.45) is 0 Å². The lowest BCUT2D eigenvalue weighted by molar-refractivity contribution is 0.102. The normalized spacial score (nSPS) is 10.9. The van der Waals surface area contributed by atoms with Crippen molar-refractivity contribution in [3.63, 3.8) is 0 Å². The second kappa shape index (κ2) is 7.02. The van der Waals surface area contributed by atoms with Crippen molar-refractivity contribution in [1.82, 2.24) is 14.8 Å². The molecule has 1 amide bonds. The van der Waals surface area contributed by atoms with Crippen LogP contribution in [0.1, 0.15) is 16.1 Å². The van der Waals surface area contributed by atoms with Crippen LogP contribution in [0.3, 0.4) is 0 Å². The second-order valence-electron chi connectivity index (χ2n) is 5.85. The van der Waals surface area contributed by atoms with Crippen LogP contribution in [-0.2, 0) is 0 Å². The molecule has 2 heterocycles. The first-order valence-electron chi connectivity index (χ1n) is 8.12. The number of nitrogens with one attached hydrogen (secondary N) is 1. The number of carbonyl (C=O) groups excluding carboxylic acids is 1. The van der Waals surface area contributed by atoms with E-state index in [0.29, 0.717) is 27.3 Å². The fourth-order valence-corrected chi connectivity index (χ4v) is 3.91. The van der Waals surface area contributed by atoms with Crippen molar-refractivity contribution in [2.75, 3.05) is 12.4 Å². The maximum absolute atomic E-state index is 12.7. The van der Waals surface area contributed by atoms with Gasteiger partial charge in [0.15, 0.2) is 0 Å². The fraction of sp³-hybridized carbons (Fsp3) is 0.105. The minimum Gasteiger partial charge on any atom is -0.497 e. The number of ether oxygens (including phenoxy) is 1. The standard InChI is InChI=1S/C19H15ClN4O2S/c1-11-9-16(21-18(25)12-5-3-6-13(10-12)26-2)24(23-11)19-22-17-14(20)7-4-8-15(17)27-19/h3-10H,1-2H3,(H,21,25). The number of rotatable bonds is 4. The number of fused-ring (bicyclic) bond motifs is 1. The molecule has 0 aliphatic carbocycles. The van der Waals surface area contributed by atoms with E-state index in [1.54, 1.807) is 48.2 Å². The molecule has 0 saturated carbocycles. The SMILES string of the molecule is COc1cccc(C(=O)Nc2cc(C)nn2-c2nc3c(Cl)cccc3s2)c1. The Hall–Kier alpha value is -2.90. The second-order valence-corrected chi connectivity index (χ2v) is 7.27. The summed E-state index contributed by atoms with van der Waals surface area (Å²) in [6.07, 6.45) is 0. The van der Waals surface area contributed by atoms with Crippen LogP contribution in [0.4, 0.5) is 5.82 Å². The minimum atomic E-state index is -0.255. The summed E-state index contributed by atoms with van der Waals surface area (Å²) in [7, 11) is 1.56. The van der Waals surface area contributed by atoms with Gasteiger partial charge in [-0.2, -0.15) is 9.78 Å². The zero-order chi connectivity index (χ0) is 19.0. The lowest BCUT2D eigenvalue weighted by atomic mass is 10.2. The number of aryl methyl sites for hydroxylation is 1. The Morgan fingerprint density at radius 1 is 1.22 bits per heavy atom. The topological polar surface area (TPSA) is 69.0 Å². The van der Waals surface area contributed by atoms with E-state index in [1.807, 2.05) is 19.1 Å². The predicted octanol–water partition coefficient (Wildman–Crippen LogP) is 4.70. The van der Waals surface area contributed by atoms with Gasteiger partial charge >= 0.3 is 0 Å². The van der Waals surface area contributed by atoms with E-state index >= 15 is 0 Å². The number of anilines is 1. The van der Waals surface area contributed by atoms with Gasteiger partial charge in [-0.25, -0.2) is 4.98 Å². The van der Waals surface area contributed by atoms with E-state index in [0.717, 1.165) is 15.9 Å². The summed E-state index contributed by atoms with van der Waals surface area (Å²) in [5, 5.41) is 8.58. The van der Waals surface area contributed by atoms with E-state index in [9.17, 15) is 4.79 Å². The van der Waals surface area contributed by atoms with Crippen molar-refractivity contribution >= 4 is 44.9 Å². The molecule has 0 bridgehead atoms. The smallest absolute Gasteiger partial charge is 0.256 e. The lowest BCUT2D eigenvalue weighted by Gasteiger charge is -2.07. The van der Waals surface area contributed by atoms with Crippen molar-refractivity contribution in [3.8, 4) is 10.9 Å². The van der Waals surface area contributed by atoms with Crippen molar-refractivity contribution in [2.45, 2.75) is 6.92 Å². The molecule has 0 fully saturated rings. The number of aromatic nitrogens is 3. The van der Waals surface area contributed by atoms with E-state index in [4.69, 9.17) is 16.3 Å². The van der Waals surface area contributed by atoms with E-state index in [2.05, 4.69) is 15.4 Å². The summed E-state index contributed by atoms with van der Waals surface area (Å²) in [4.78, 5) is 17.2. The van der Waals surface area contributed by atoms with Crippen molar-refractivity contribution < 1.29 is 9.53 Å². The van der Waals surface area contributed by atoms with Crippen LogP contribution >= 0.6 is 22.9 Å². The molecule has 0 spiro atoms. The molecule has 4 aromatic rings. The number of para-hydroxylation sites is 1. The van der Waals surface area contributed by atoms with E-state index < -0.39 is 0 Å². The molecule has 0 radical (unpaired) electrons. The summed E-state index contributed by atoms with van der Waals surface area (Å²) in [6.45, 7) is 1.86. The molecule has 4 rings (SSSR count). The summed E-state index contributed by atoms with van der Waals surface area (Å²) < 4.78 is 7.75. The summed E-state index contributed by atoms with van der Waals surface area (Å²) >= 11 is 7.68. The van der Waals surface area contributed by atoms with Gasteiger partial charge in [0.1, 0.15) is 17.1 Å². The first kappa shape index (κ1) is 17.5. The third-order valence-electron chi connectivity index (χ3n) is 3.94. The highest BCUT2D eigenvalue weighted by Gasteiger charge is 2.16. The molecule has 1 N–H and O–H groups in total. The number of amides is 1. The van der Waals surface area contributed by atoms with Crippen molar-refractivity contribution in [3.05, 3.63) is 64.8 Å². The van der Waals surface area contributed by atoms with Gasteiger partial charge in [-0.05, 0) is 37.3 Å². The lowest BCUT2D eigenvalue weighted by Crippen LogP contribution is -2.15. The van der Waals surface area contributed by atoms with Gasteiger partial charge in [0.05, 0.1) is 22.5 Å². The van der Waals surface area contributed by atoms with Crippen molar-refractivity contribution in [1.29, 1.82) is 0 Å². The van der Waals surface area contributed by atoms with Gasteiger partial charge in [0, 0.05) is 11.6 Å². The number of methoxy groups -OCH3 is 1. The number of thiazole rings is 1.